The number of carbonyl (C=O) groups is 13. The predicted octanol–water partition coefficient (Wildman–Crippen LogP) is 8.89. The van der Waals surface area contributed by atoms with Crippen LogP contribution in [0.5, 0.6) is 0 Å². The molecule has 8 heterocycles. The fourth-order valence-corrected chi connectivity index (χ4v) is 14.4. The number of esters is 4. The Labute approximate surface area is 818 Å². The number of anilines is 2. The van der Waals surface area contributed by atoms with E-state index < -0.39 is 142 Å². The molecule has 8 N–H and O–H groups in total. The Bertz CT molecular complexity index is 4260. The van der Waals surface area contributed by atoms with E-state index in [1.54, 1.807) is 161 Å². The van der Waals surface area contributed by atoms with Gasteiger partial charge in [-0.3, -0.25) is 39.0 Å². The molecule has 3 aliphatic carbocycles. The summed E-state index contributed by atoms with van der Waals surface area (Å²) in [5.74, 6) is -2.41. The molecule has 128 heavy (non-hydrogen) atoms. The predicted molar refractivity (Wildman–Crippen MR) is 490 cm³/mol. The number of carboxylic acid groups (broad SMARTS) is 1. The molecule has 6 fully saturated rings. The minimum Gasteiger partial charge on any atom is -1.00 e. The summed E-state index contributed by atoms with van der Waals surface area (Å²) >= 11 is 11.0. The number of nitrogens with one attached hydrogen (secondary N) is 1. The van der Waals surface area contributed by atoms with Gasteiger partial charge in [-0.15, -0.1) is 0 Å². The Morgan fingerprint density at radius 2 is 0.820 bits per heavy atom. The van der Waals surface area contributed by atoms with Crippen molar-refractivity contribution in [2.24, 2.45) is 16.2 Å². The van der Waals surface area contributed by atoms with Crippen molar-refractivity contribution in [2.75, 3.05) is 68.4 Å². The van der Waals surface area contributed by atoms with Crippen molar-refractivity contribution < 1.29 is 166 Å². The van der Waals surface area contributed by atoms with Crippen molar-refractivity contribution in [3.8, 4) is 0 Å². The summed E-state index contributed by atoms with van der Waals surface area (Å²) in [7, 11) is 5.08. The number of nitrogen functional groups attached to an aromatic ring is 1. The van der Waals surface area contributed by atoms with Gasteiger partial charge in [0.1, 0.15) is 97.0 Å². The molecule has 9 aliphatic rings. The van der Waals surface area contributed by atoms with Crippen molar-refractivity contribution in [3.63, 3.8) is 0 Å². The fraction of sp³-hybridized carbons (Fsp3) is 0.655. The van der Waals surface area contributed by atoms with E-state index in [9.17, 15) is 77.6 Å². The molecule has 12 atom stereocenters. The number of methoxy groups -OCH3 is 4. The number of carboxylic acids is 1. The standard InChI is InChI=1S/C17H22BrN3O4.C13H21NO5.2C12H19NO5.C12H17NO5.C11H17NO4.C5H5BrN2.CH2I2.CH4.B.Na.H/c1-16(2,3)25-15(24)21-10(7-17(9-22)8-11(17)21)14(23)20-13-6-4-5-12(18)19-13;1-12(2,3)19-11(17)14-8(10(16)18-4)5-13(7-15)6-9(13)14;1-11(2,3)18-10(17)13-7(9(15)16)4-12(6-14)5-8(12)13;2*1-12(2,3)18-11(16)13-6-8(7-14)5-9(13)10(15)17-4;1-11(2,3)16-10(14)12-7-5-6-8(12)9(13)15-4;6-4-2-1-3-5(7)8-4;2-1-3;;;;/h4-6,10-11,22H,7-9H2,1-3H3,(H,19,20,23);8-9,15H,5-7H2,1-4H3;7-8,14H,4-6H2,1-3H3,(H,15,16);6,9,14H,5,7H2,1-4H3;6-7,9H,5H2,1-4H3;5,7-8H,6H2,1-4H3;1-3H,(H2,7,8);1H2;1H4;;;/q;;;;;;;;;;+1;-1/t10-,11?,17?;8-,9?,13?;7-,8?,12?;2*9-;8-;;;;;;/m000000....../s1. The summed E-state index contributed by atoms with van der Waals surface area (Å²) in [6.07, 6.45) is 7.33. The third kappa shape index (κ3) is 35.4. The number of hydrogen-bond acceptors (Lipinski definition) is 30. The number of aliphatic hydroxyl groups is 4. The minimum atomic E-state index is -1.04. The van der Waals surface area contributed by atoms with Crippen LogP contribution in [0.2, 0.25) is 0 Å². The first-order chi connectivity index (χ1) is 57.7. The molecule has 6 aliphatic heterocycles. The van der Waals surface area contributed by atoms with E-state index in [0.717, 1.165) is 15.9 Å². The zero-order valence-electron chi connectivity index (χ0n) is 77.3. The van der Waals surface area contributed by atoms with Crippen molar-refractivity contribution in [1.82, 2.24) is 39.4 Å². The first-order valence-electron chi connectivity index (χ1n) is 39.7. The van der Waals surface area contributed by atoms with Gasteiger partial charge in [0, 0.05) is 79.8 Å². The summed E-state index contributed by atoms with van der Waals surface area (Å²) in [6, 6.07) is 5.75. The molecule has 3 saturated heterocycles. The van der Waals surface area contributed by atoms with E-state index >= 15 is 0 Å². The molecule has 7 amide bonds. The quantitative estimate of drug-likeness (QED) is 0.0198. The average molecular weight is 2170 g/mol. The number of halogens is 4. The van der Waals surface area contributed by atoms with E-state index in [0.29, 0.717) is 72.2 Å². The van der Waals surface area contributed by atoms with Crippen LogP contribution in [0.25, 0.3) is 0 Å². The minimum absolute atomic E-state index is 0. The van der Waals surface area contributed by atoms with Crippen LogP contribution in [0.15, 0.2) is 81.4 Å². The third-order valence-corrected chi connectivity index (χ3v) is 20.4. The van der Waals surface area contributed by atoms with Crippen molar-refractivity contribution in [2.45, 2.75) is 278 Å². The van der Waals surface area contributed by atoms with Gasteiger partial charge in [0.05, 0.1) is 57.3 Å². The van der Waals surface area contributed by atoms with Crippen LogP contribution in [-0.4, -0.2) is 297 Å². The molecule has 2 aromatic heterocycles. The van der Waals surface area contributed by atoms with Crippen LogP contribution in [0, 0.1) is 16.2 Å². The fourth-order valence-electron chi connectivity index (χ4n) is 13.7. The first kappa shape index (κ1) is 119. The second-order valence-electron chi connectivity index (χ2n) is 36.3. The van der Waals surface area contributed by atoms with E-state index in [1.165, 1.54) is 67.8 Å². The third-order valence-electron chi connectivity index (χ3n) is 19.5. The smallest absolute Gasteiger partial charge is 1.00 e. The molecule has 38 nitrogen and oxygen atoms in total. The van der Waals surface area contributed by atoms with Crippen LogP contribution in [0.3, 0.4) is 0 Å². The summed E-state index contributed by atoms with van der Waals surface area (Å²) in [5.41, 5.74) is 1.32. The van der Waals surface area contributed by atoms with Crippen molar-refractivity contribution in [1.29, 1.82) is 0 Å². The summed E-state index contributed by atoms with van der Waals surface area (Å²) < 4.78 is 52.7. The maximum atomic E-state index is 12.7. The molecule has 713 valence electrons. The number of nitrogens with zero attached hydrogens (tertiary/aromatic N) is 8. The number of ether oxygens (including phenoxy) is 10. The second kappa shape index (κ2) is 50.0. The number of alkyl halides is 2. The van der Waals surface area contributed by atoms with E-state index in [4.69, 9.17) is 49.1 Å². The maximum Gasteiger partial charge on any atom is 1.00 e. The molecule has 6 unspecified atom stereocenters. The number of hydrogen-bond donors (Lipinski definition) is 7. The first-order valence-corrected chi connectivity index (χ1v) is 44.4. The van der Waals surface area contributed by atoms with Crippen LogP contribution in [-0.2, 0) is 80.9 Å². The molecule has 2 aromatic rings. The van der Waals surface area contributed by atoms with Gasteiger partial charge in [0.25, 0.3) is 0 Å². The number of aliphatic hydroxyl groups excluding tert-OH is 4. The SMILES string of the molecule is C.CC(C)(C)OC(=O)N1C2CC2(CO)C[C@H]1C(=O)Nc1cccc(Br)n1.CC(C)(C)OC(=O)N1C2CC2(CO)C[C@H]1C(=O)O.COC(=O)[C@@H]1CC(C=O)=CN1C(=O)OC(C)(C)C.COC(=O)[C@@H]1CC(CO)=CN1C(=O)OC(C)(C)C.COC(=O)[C@@H]1CC2(CO)CC2N1C(=O)OC(C)(C)C.COC(=O)[C@@H]1CC=CN1C(=O)OC(C)(C)C.ICI.Nc1cccc(Br)n1.[B].[H-].[Na+]. The number of aldehydes is 1. The number of aromatic nitrogens is 2. The van der Waals surface area contributed by atoms with Crippen molar-refractivity contribution >= 4 is 176 Å². The van der Waals surface area contributed by atoms with Crippen LogP contribution < -0.4 is 40.6 Å². The number of likely N-dealkylation sites (tertiary alicyclic amines) is 3. The molecule has 0 bridgehead atoms. The maximum absolute atomic E-state index is 12.7. The molecule has 3 saturated carbocycles. The van der Waals surface area contributed by atoms with E-state index in [2.05, 4.69) is 107 Å². The Morgan fingerprint density at radius 1 is 0.492 bits per heavy atom. The Morgan fingerprint density at radius 3 is 1.16 bits per heavy atom. The normalized spacial score (nSPS) is 23.7. The van der Waals surface area contributed by atoms with Gasteiger partial charge in [-0.25, -0.2) is 62.7 Å². The Hall–Kier alpha value is -7.25. The van der Waals surface area contributed by atoms with Gasteiger partial charge in [0.15, 0.2) is 0 Å². The average Bonchev–Trinajstić information content (AvgIpc) is 1.55. The monoisotopic (exact) mass is 2170 g/mol. The van der Waals surface area contributed by atoms with Crippen LogP contribution in [0.4, 0.5) is 40.4 Å². The van der Waals surface area contributed by atoms with Crippen LogP contribution in [0.1, 0.15) is 191 Å². The Kier molecular flexibility index (Phi) is 46.4. The Balaban J connectivity index is 0.00000149. The van der Waals surface area contributed by atoms with E-state index in [-0.39, 0.29) is 121 Å². The topological polar surface area (TPSA) is 499 Å². The zero-order chi connectivity index (χ0) is 95.4. The van der Waals surface area contributed by atoms with Crippen molar-refractivity contribution in [3.05, 3.63) is 81.4 Å². The van der Waals surface area contributed by atoms with Gasteiger partial charge in [-0.1, -0.05) is 70.8 Å². The number of fused-ring (bicyclic) bond motifs is 3. The van der Waals surface area contributed by atoms with E-state index in [1.807, 2.05) is 12.1 Å². The summed E-state index contributed by atoms with van der Waals surface area (Å²) in [6.45, 7) is 31.3. The zero-order valence-corrected chi connectivity index (χ0v) is 85.8. The molecular formula is C84H127BBr2I2N10NaO28. The van der Waals surface area contributed by atoms with Gasteiger partial charge in [-0.2, -0.15) is 0 Å². The van der Waals surface area contributed by atoms with Gasteiger partial charge in [0.2, 0.25) is 5.91 Å². The number of pyridine rings is 2. The summed E-state index contributed by atoms with van der Waals surface area (Å²) in [4.78, 5) is 169. The number of amides is 7. The summed E-state index contributed by atoms with van der Waals surface area (Å²) in [5, 5.41) is 49.4. The van der Waals surface area contributed by atoms with Gasteiger partial charge >= 0.3 is 96.0 Å². The largest absolute Gasteiger partial charge is 1.00 e. The molecule has 3 radical (unpaired) electrons. The van der Waals surface area contributed by atoms with Gasteiger partial charge in [-0.05, 0) is 231 Å². The molecular weight excluding hydrogens is 2040 g/mol. The molecule has 44 heteroatoms. The second-order valence-corrected chi connectivity index (χ2v) is 42.4. The van der Waals surface area contributed by atoms with Crippen LogP contribution >= 0.6 is 77.0 Å². The molecule has 0 aromatic carbocycles. The molecule has 0 spiro atoms. The number of aliphatic carboxylic acids is 1. The molecule has 11 rings (SSSR count). The number of piperidine rings is 3. The number of rotatable bonds is 12. The number of carbonyl (C=O) groups excluding carboxylic acids is 12. The van der Waals surface area contributed by atoms with Gasteiger partial charge < -0.3 is 85.4 Å². The number of nitrogens with two attached hydrogens (primary N) is 1.